The summed E-state index contributed by atoms with van der Waals surface area (Å²) in [5.74, 6) is 0.380. The van der Waals surface area contributed by atoms with Crippen molar-refractivity contribution >= 4 is 27.5 Å². The fraction of sp³-hybridized carbons (Fsp3) is 0.0769. The Morgan fingerprint density at radius 1 is 1.29 bits per heavy atom. The third-order valence-corrected chi connectivity index (χ3v) is 2.93. The van der Waals surface area contributed by atoms with Gasteiger partial charge in [-0.15, -0.1) is 0 Å². The summed E-state index contributed by atoms with van der Waals surface area (Å²) in [6.07, 6.45) is 0. The predicted octanol–water partition coefficient (Wildman–Crippen LogP) is 3.15. The Balaban J connectivity index is 2.52. The summed E-state index contributed by atoms with van der Waals surface area (Å²) >= 11 is 3.29. The normalized spacial score (nSPS) is 10.2. The van der Waals surface area contributed by atoms with Crippen molar-refractivity contribution in [3.63, 3.8) is 0 Å². The average Bonchev–Trinajstić information content (AvgIpc) is 2.28. The van der Waals surface area contributed by atoms with Crippen molar-refractivity contribution in [2.24, 2.45) is 0 Å². The lowest BCUT2D eigenvalue weighted by atomic mass is 9.99. The van der Waals surface area contributed by atoms with E-state index < -0.39 is 0 Å². The Morgan fingerprint density at radius 2 is 1.94 bits per heavy atom. The predicted molar refractivity (Wildman–Crippen MR) is 73.5 cm³/mol. The molecule has 86 valence electrons. The average molecular weight is 290 g/mol. The minimum atomic E-state index is 0.380. The van der Waals surface area contributed by atoms with Crippen LogP contribution in [0, 0.1) is 12.3 Å². The molecule has 2 aromatic rings. The summed E-state index contributed by atoms with van der Waals surface area (Å²) in [6.45, 7) is 1.93. The lowest BCUT2D eigenvalue weighted by molar-refractivity contribution is 1.23. The molecule has 0 amide bonds. The quantitative estimate of drug-likeness (QED) is 0.659. The molecular weight excluding hydrogens is 278 g/mol. The van der Waals surface area contributed by atoms with Crippen LogP contribution in [0.3, 0.4) is 0 Å². The van der Waals surface area contributed by atoms with Gasteiger partial charge in [0.2, 0.25) is 0 Å². The summed E-state index contributed by atoms with van der Waals surface area (Å²) in [6, 6.07) is 11.4. The molecule has 0 aliphatic rings. The highest BCUT2D eigenvalue weighted by Crippen LogP contribution is 2.22. The SMILES string of the molecule is Cc1cc(Br)nc(N)c1C(=N)c1ccccc1. The van der Waals surface area contributed by atoms with Gasteiger partial charge in [-0.2, -0.15) is 0 Å². The van der Waals surface area contributed by atoms with Gasteiger partial charge in [-0.25, -0.2) is 4.98 Å². The molecule has 3 N–H and O–H groups in total. The number of hydrogen-bond acceptors (Lipinski definition) is 3. The molecule has 0 bridgehead atoms. The zero-order chi connectivity index (χ0) is 12.4. The van der Waals surface area contributed by atoms with Gasteiger partial charge in [0.15, 0.2) is 0 Å². The number of halogens is 1. The first kappa shape index (κ1) is 11.8. The first-order valence-electron chi connectivity index (χ1n) is 5.16. The van der Waals surface area contributed by atoms with E-state index in [1.165, 1.54) is 0 Å². The highest BCUT2D eigenvalue weighted by atomic mass is 79.9. The Kier molecular flexibility index (Phi) is 3.24. The molecule has 0 atom stereocenters. The summed E-state index contributed by atoms with van der Waals surface area (Å²) in [7, 11) is 0. The summed E-state index contributed by atoms with van der Waals surface area (Å²) in [5, 5.41) is 8.19. The minimum Gasteiger partial charge on any atom is -0.383 e. The second-order valence-electron chi connectivity index (χ2n) is 3.76. The zero-order valence-electron chi connectivity index (χ0n) is 9.37. The van der Waals surface area contributed by atoms with E-state index in [2.05, 4.69) is 20.9 Å². The van der Waals surface area contributed by atoms with E-state index in [1.807, 2.05) is 43.3 Å². The number of aromatic nitrogens is 1. The summed E-state index contributed by atoms with van der Waals surface area (Å²) in [5.41, 5.74) is 8.76. The van der Waals surface area contributed by atoms with Crippen molar-refractivity contribution in [2.45, 2.75) is 6.92 Å². The molecule has 0 spiro atoms. The number of hydrogen-bond donors (Lipinski definition) is 2. The van der Waals surface area contributed by atoms with E-state index >= 15 is 0 Å². The molecule has 1 aromatic heterocycles. The molecule has 4 heteroatoms. The van der Waals surface area contributed by atoms with Crippen molar-refractivity contribution in [2.75, 3.05) is 5.73 Å². The van der Waals surface area contributed by atoms with E-state index in [0.29, 0.717) is 21.7 Å². The Labute approximate surface area is 108 Å². The molecule has 0 radical (unpaired) electrons. The first-order valence-corrected chi connectivity index (χ1v) is 5.96. The van der Waals surface area contributed by atoms with Gasteiger partial charge in [-0.05, 0) is 34.5 Å². The standard InChI is InChI=1S/C13H12BrN3/c1-8-7-10(14)17-13(16)11(8)12(15)9-5-3-2-4-6-9/h2-7,15H,1H3,(H2,16,17). The first-order chi connectivity index (χ1) is 8.09. The molecular formula is C13H12BrN3. The van der Waals surface area contributed by atoms with Crippen LogP contribution in [0.1, 0.15) is 16.7 Å². The number of benzene rings is 1. The Hall–Kier alpha value is -1.68. The number of rotatable bonds is 2. The zero-order valence-corrected chi connectivity index (χ0v) is 11.0. The van der Waals surface area contributed by atoms with Gasteiger partial charge in [-0.1, -0.05) is 30.3 Å². The monoisotopic (exact) mass is 289 g/mol. The van der Waals surface area contributed by atoms with Crippen molar-refractivity contribution < 1.29 is 0 Å². The number of anilines is 1. The van der Waals surface area contributed by atoms with E-state index in [4.69, 9.17) is 11.1 Å². The van der Waals surface area contributed by atoms with Crippen LogP contribution in [-0.4, -0.2) is 10.7 Å². The molecule has 3 nitrogen and oxygen atoms in total. The van der Waals surface area contributed by atoms with Gasteiger partial charge in [0.1, 0.15) is 10.4 Å². The summed E-state index contributed by atoms with van der Waals surface area (Å²) < 4.78 is 0.692. The van der Waals surface area contributed by atoms with Crippen LogP contribution >= 0.6 is 15.9 Å². The maximum absolute atomic E-state index is 8.19. The van der Waals surface area contributed by atoms with Gasteiger partial charge >= 0.3 is 0 Å². The number of nitrogens with zero attached hydrogens (tertiary/aromatic N) is 1. The van der Waals surface area contributed by atoms with Gasteiger partial charge < -0.3 is 5.73 Å². The highest BCUT2D eigenvalue weighted by Gasteiger charge is 2.13. The Bertz CT molecular complexity index is 541. The molecule has 2 rings (SSSR count). The molecule has 0 unspecified atom stereocenters. The van der Waals surface area contributed by atoms with Crippen molar-refractivity contribution in [3.8, 4) is 0 Å². The number of nitrogen functional groups attached to an aromatic ring is 1. The molecule has 0 saturated carbocycles. The third kappa shape index (κ3) is 2.36. The van der Waals surface area contributed by atoms with Crippen LogP contribution in [0.25, 0.3) is 0 Å². The van der Waals surface area contributed by atoms with Crippen LogP contribution in [-0.2, 0) is 0 Å². The van der Waals surface area contributed by atoms with Crippen LogP contribution in [0.4, 0.5) is 5.82 Å². The minimum absolute atomic E-state index is 0.380. The van der Waals surface area contributed by atoms with Crippen LogP contribution < -0.4 is 5.73 Å². The number of nitrogens with one attached hydrogen (secondary N) is 1. The van der Waals surface area contributed by atoms with Crippen molar-refractivity contribution in [3.05, 3.63) is 57.7 Å². The van der Waals surface area contributed by atoms with E-state index in [0.717, 1.165) is 11.1 Å². The summed E-state index contributed by atoms with van der Waals surface area (Å²) in [4.78, 5) is 4.13. The molecule has 0 fully saturated rings. The number of pyridine rings is 1. The second-order valence-corrected chi connectivity index (χ2v) is 4.58. The van der Waals surface area contributed by atoms with Crippen LogP contribution in [0.2, 0.25) is 0 Å². The third-order valence-electron chi connectivity index (χ3n) is 2.53. The molecule has 0 aliphatic heterocycles. The van der Waals surface area contributed by atoms with Crippen LogP contribution in [0.5, 0.6) is 0 Å². The molecule has 1 aromatic carbocycles. The van der Waals surface area contributed by atoms with Gasteiger partial charge in [0, 0.05) is 11.1 Å². The van der Waals surface area contributed by atoms with E-state index in [1.54, 1.807) is 0 Å². The second kappa shape index (κ2) is 4.67. The lowest BCUT2D eigenvalue weighted by Gasteiger charge is -2.10. The molecule has 1 heterocycles. The van der Waals surface area contributed by atoms with Gasteiger partial charge in [-0.3, -0.25) is 5.41 Å². The Morgan fingerprint density at radius 3 is 2.53 bits per heavy atom. The lowest BCUT2D eigenvalue weighted by Crippen LogP contribution is -2.09. The largest absolute Gasteiger partial charge is 0.383 e. The van der Waals surface area contributed by atoms with Gasteiger partial charge in [0.25, 0.3) is 0 Å². The molecule has 17 heavy (non-hydrogen) atoms. The van der Waals surface area contributed by atoms with E-state index in [9.17, 15) is 0 Å². The highest BCUT2D eigenvalue weighted by molar-refractivity contribution is 9.10. The fourth-order valence-corrected chi connectivity index (χ4v) is 2.26. The maximum atomic E-state index is 8.19. The van der Waals surface area contributed by atoms with Crippen molar-refractivity contribution in [1.29, 1.82) is 5.41 Å². The van der Waals surface area contributed by atoms with Crippen molar-refractivity contribution in [1.82, 2.24) is 4.98 Å². The van der Waals surface area contributed by atoms with Gasteiger partial charge in [0.05, 0.1) is 5.71 Å². The molecule has 0 aliphatic carbocycles. The number of aryl methyl sites for hydroxylation is 1. The molecule has 0 saturated heterocycles. The fourth-order valence-electron chi connectivity index (χ4n) is 1.73. The topological polar surface area (TPSA) is 62.8 Å². The van der Waals surface area contributed by atoms with Crippen LogP contribution in [0.15, 0.2) is 41.0 Å². The van der Waals surface area contributed by atoms with E-state index in [-0.39, 0.29) is 0 Å². The maximum Gasteiger partial charge on any atom is 0.134 e. The smallest absolute Gasteiger partial charge is 0.134 e. The number of nitrogens with two attached hydrogens (primary N) is 1.